The number of hydrogen-bond donors (Lipinski definition) is 1. The quantitative estimate of drug-likeness (QED) is 0.791. The lowest BCUT2D eigenvalue weighted by molar-refractivity contribution is -0.122. The summed E-state index contributed by atoms with van der Waals surface area (Å²) in [4.78, 5) is 19.1. The summed E-state index contributed by atoms with van der Waals surface area (Å²) in [7, 11) is 0. The van der Waals surface area contributed by atoms with Crippen molar-refractivity contribution in [3.63, 3.8) is 0 Å². The minimum Gasteiger partial charge on any atom is -0.349 e. The number of likely N-dealkylation sites (tertiary alicyclic amines) is 1. The first-order valence-corrected chi connectivity index (χ1v) is 10.1. The van der Waals surface area contributed by atoms with Crippen molar-refractivity contribution in [1.29, 1.82) is 0 Å². The van der Waals surface area contributed by atoms with Crippen LogP contribution in [0.4, 0.5) is 0 Å². The minimum absolute atomic E-state index is 0.107. The third kappa shape index (κ3) is 5.07. The van der Waals surface area contributed by atoms with E-state index in [1.165, 1.54) is 12.8 Å². The van der Waals surface area contributed by atoms with Gasteiger partial charge in [0.25, 0.3) is 0 Å². The molecule has 9 heteroatoms. The van der Waals surface area contributed by atoms with Gasteiger partial charge in [0, 0.05) is 11.3 Å². The third-order valence-electron chi connectivity index (χ3n) is 4.67. The van der Waals surface area contributed by atoms with Gasteiger partial charge in [-0.2, -0.15) is 0 Å². The smallest absolute Gasteiger partial charge is 0.242 e. The van der Waals surface area contributed by atoms with Crippen molar-refractivity contribution in [2.45, 2.75) is 59.2 Å². The number of hydrogen-bond acceptors (Lipinski definition) is 7. The molecule has 142 valence electrons. The maximum Gasteiger partial charge on any atom is 0.242 e. The van der Waals surface area contributed by atoms with Crippen LogP contribution in [0.2, 0.25) is 0 Å². The second-order valence-electron chi connectivity index (χ2n) is 7.32. The second kappa shape index (κ2) is 8.68. The number of carbonyl (C=O) groups excluding carboxylic acids is 1. The van der Waals surface area contributed by atoms with Gasteiger partial charge in [-0.25, -0.2) is 9.67 Å². The van der Waals surface area contributed by atoms with Gasteiger partial charge in [-0.3, -0.25) is 9.69 Å². The van der Waals surface area contributed by atoms with Crippen molar-refractivity contribution in [3.05, 3.63) is 21.9 Å². The van der Waals surface area contributed by atoms with Crippen molar-refractivity contribution in [2.24, 2.45) is 5.92 Å². The molecule has 0 bridgehead atoms. The summed E-state index contributed by atoms with van der Waals surface area (Å²) in [6.07, 6.45) is 2.40. The Kier molecular flexibility index (Phi) is 6.31. The summed E-state index contributed by atoms with van der Waals surface area (Å²) in [6, 6.07) is 0. The molecule has 26 heavy (non-hydrogen) atoms. The fourth-order valence-corrected chi connectivity index (χ4v) is 3.76. The van der Waals surface area contributed by atoms with Gasteiger partial charge in [0.2, 0.25) is 5.91 Å². The van der Waals surface area contributed by atoms with E-state index >= 15 is 0 Å². The molecule has 2 aromatic rings. The topological polar surface area (TPSA) is 88.8 Å². The minimum atomic E-state index is -0.107. The van der Waals surface area contributed by atoms with Crippen LogP contribution < -0.4 is 5.32 Å². The van der Waals surface area contributed by atoms with Crippen molar-refractivity contribution < 1.29 is 4.79 Å². The highest BCUT2D eigenvalue weighted by atomic mass is 32.1. The lowest BCUT2D eigenvalue weighted by Gasteiger charge is -2.29. The Morgan fingerprint density at radius 3 is 2.85 bits per heavy atom. The van der Waals surface area contributed by atoms with E-state index in [0.29, 0.717) is 19.0 Å². The molecular weight excluding hydrogens is 350 g/mol. The van der Waals surface area contributed by atoms with Crippen LogP contribution in [0.25, 0.3) is 0 Å². The predicted molar refractivity (Wildman–Crippen MR) is 99.5 cm³/mol. The van der Waals surface area contributed by atoms with E-state index in [9.17, 15) is 4.79 Å². The van der Waals surface area contributed by atoms with Crippen LogP contribution in [0.5, 0.6) is 0 Å². The molecule has 1 N–H and O–H groups in total. The van der Waals surface area contributed by atoms with Crippen LogP contribution in [-0.4, -0.2) is 49.1 Å². The van der Waals surface area contributed by atoms with Crippen LogP contribution in [0.3, 0.4) is 0 Å². The number of tetrazole rings is 1. The average molecular weight is 378 g/mol. The van der Waals surface area contributed by atoms with Crippen LogP contribution in [-0.2, 0) is 24.4 Å². The van der Waals surface area contributed by atoms with Crippen LogP contribution in [0.1, 0.15) is 56.1 Å². The van der Waals surface area contributed by atoms with Crippen LogP contribution in [0, 0.1) is 5.92 Å². The molecule has 0 radical (unpaired) electrons. The molecular formula is C17H27N7OS. The summed E-state index contributed by atoms with van der Waals surface area (Å²) in [6.45, 7) is 9.89. The highest BCUT2D eigenvalue weighted by molar-refractivity contribution is 7.09. The van der Waals surface area contributed by atoms with Gasteiger partial charge in [0.05, 0.1) is 23.8 Å². The van der Waals surface area contributed by atoms with E-state index in [2.05, 4.69) is 51.5 Å². The SMILES string of the molecule is CC1CCN(Cc2nnnn2CC(=O)NCc2csc(C(C)C)n2)CC1. The van der Waals surface area contributed by atoms with Gasteiger partial charge < -0.3 is 5.32 Å². The van der Waals surface area contributed by atoms with Gasteiger partial charge in [0.1, 0.15) is 6.54 Å². The molecule has 8 nitrogen and oxygen atoms in total. The maximum absolute atomic E-state index is 12.2. The zero-order chi connectivity index (χ0) is 18.5. The first-order valence-electron chi connectivity index (χ1n) is 9.19. The Hall–Kier alpha value is -1.87. The lowest BCUT2D eigenvalue weighted by atomic mass is 9.99. The number of thiazole rings is 1. The number of nitrogens with one attached hydrogen (secondary N) is 1. The summed E-state index contributed by atoms with van der Waals surface area (Å²) in [5.74, 6) is 1.83. The summed E-state index contributed by atoms with van der Waals surface area (Å²) in [5.41, 5.74) is 0.895. The van der Waals surface area contributed by atoms with E-state index < -0.39 is 0 Å². The number of amides is 1. The first kappa shape index (κ1) is 18.9. The molecule has 1 aliphatic rings. The van der Waals surface area contributed by atoms with Crippen LogP contribution >= 0.6 is 11.3 Å². The Morgan fingerprint density at radius 2 is 2.15 bits per heavy atom. The van der Waals surface area contributed by atoms with Gasteiger partial charge in [-0.1, -0.05) is 20.8 Å². The summed E-state index contributed by atoms with van der Waals surface area (Å²) in [5, 5.41) is 17.8. The molecule has 2 aromatic heterocycles. The van der Waals surface area contributed by atoms with Gasteiger partial charge in [0.15, 0.2) is 5.82 Å². The highest BCUT2D eigenvalue weighted by Crippen LogP contribution is 2.19. The number of rotatable bonds is 7. The second-order valence-corrected chi connectivity index (χ2v) is 8.21. The fraction of sp³-hybridized carbons (Fsp3) is 0.706. The average Bonchev–Trinajstić information content (AvgIpc) is 3.25. The molecule has 0 saturated carbocycles. The molecule has 1 fully saturated rings. The Labute approximate surface area is 158 Å². The predicted octanol–water partition coefficient (Wildman–Crippen LogP) is 1.80. The van der Waals surface area contributed by atoms with E-state index in [-0.39, 0.29) is 12.5 Å². The Balaban J connectivity index is 1.49. The molecule has 1 aliphatic heterocycles. The van der Waals surface area contributed by atoms with Crippen molar-refractivity contribution >= 4 is 17.2 Å². The zero-order valence-corrected chi connectivity index (χ0v) is 16.5. The number of aromatic nitrogens is 5. The van der Waals surface area contributed by atoms with E-state index in [4.69, 9.17) is 0 Å². The normalized spacial score (nSPS) is 16.3. The third-order valence-corrected chi connectivity index (χ3v) is 5.86. The molecule has 0 aliphatic carbocycles. The van der Waals surface area contributed by atoms with Crippen LogP contribution in [0.15, 0.2) is 5.38 Å². The highest BCUT2D eigenvalue weighted by Gasteiger charge is 2.19. The van der Waals surface area contributed by atoms with E-state index in [1.807, 2.05) is 5.38 Å². The summed E-state index contributed by atoms with van der Waals surface area (Å²) < 4.78 is 1.59. The van der Waals surface area contributed by atoms with Crippen molar-refractivity contribution in [1.82, 2.24) is 35.4 Å². The Morgan fingerprint density at radius 1 is 1.38 bits per heavy atom. The lowest BCUT2D eigenvalue weighted by Crippen LogP contribution is -2.34. The molecule has 3 heterocycles. The fourth-order valence-electron chi connectivity index (χ4n) is 2.93. The standard InChI is InChI=1S/C17H27N7OS/c1-12(2)17-19-14(11-26-17)8-18-16(25)10-24-15(20-21-22-24)9-23-6-4-13(3)5-7-23/h11-13H,4-10H2,1-3H3,(H,18,25). The zero-order valence-electron chi connectivity index (χ0n) is 15.7. The molecule has 1 amide bonds. The molecule has 0 atom stereocenters. The van der Waals surface area contributed by atoms with Crippen molar-refractivity contribution in [3.8, 4) is 0 Å². The Bertz CT molecular complexity index is 718. The molecule has 0 unspecified atom stereocenters. The molecule has 0 spiro atoms. The molecule has 3 rings (SSSR count). The van der Waals surface area contributed by atoms with Gasteiger partial charge in [-0.15, -0.1) is 16.4 Å². The first-order chi connectivity index (χ1) is 12.5. The maximum atomic E-state index is 12.2. The monoisotopic (exact) mass is 377 g/mol. The number of piperidine rings is 1. The largest absolute Gasteiger partial charge is 0.349 e. The molecule has 0 aromatic carbocycles. The summed E-state index contributed by atoms with van der Waals surface area (Å²) >= 11 is 1.63. The number of nitrogens with zero attached hydrogens (tertiary/aromatic N) is 6. The number of carbonyl (C=O) groups is 1. The van der Waals surface area contributed by atoms with Crippen molar-refractivity contribution in [2.75, 3.05) is 13.1 Å². The van der Waals surface area contributed by atoms with E-state index in [0.717, 1.165) is 35.5 Å². The molecule has 1 saturated heterocycles. The van der Waals surface area contributed by atoms with E-state index in [1.54, 1.807) is 16.0 Å². The van der Waals surface area contributed by atoms with Gasteiger partial charge >= 0.3 is 0 Å². The van der Waals surface area contributed by atoms with Gasteiger partial charge in [-0.05, 0) is 42.3 Å².